The molecule has 0 aliphatic rings. The minimum Gasteiger partial charge on any atom is -0.496 e. The largest absolute Gasteiger partial charge is 0.496 e. The van der Waals surface area contributed by atoms with Crippen LogP contribution in [-0.4, -0.2) is 30.9 Å². The molecule has 0 saturated heterocycles. The van der Waals surface area contributed by atoms with Gasteiger partial charge in [-0.1, -0.05) is 43.0 Å². The Kier molecular flexibility index (Phi) is 7.38. The normalized spacial score (nSPS) is 12.4. The first-order valence-corrected chi connectivity index (χ1v) is 8.82. The fraction of sp³-hybridized carbons (Fsp3) is 0.261. The van der Waals surface area contributed by atoms with E-state index in [0.29, 0.717) is 11.1 Å². The summed E-state index contributed by atoms with van der Waals surface area (Å²) in [6, 6.07) is 15.6. The van der Waals surface area contributed by atoms with Crippen LogP contribution in [0.5, 0.6) is 0 Å². The summed E-state index contributed by atoms with van der Waals surface area (Å²) in [5.74, 6) is 0.283. The molecule has 0 radical (unpaired) electrons. The molecule has 4 nitrogen and oxygen atoms in total. The molecule has 27 heavy (non-hydrogen) atoms. The van der Waals surface area contributed by atoms with E-state index in [1.807, 2.05) is 43.3 Å². The van der Waals surface area contributed by atoms with Crippen molar-refractivity contribution in [3.63, 3.8) is 0 Å². The number of allylic oxidation sites excluding steroid dienone is 1. The van der Waals surface area contributed by atoms with Gasteiger partial charge in [0.1, 0.15) is 18.5 Å². The zero-order chi connectivity index (χ0) is 19.8. The maximum atomic E-state index is 12.2. The Labute approximate surface area is 160 Å². The number of ether oxygens (including phenoxy) is 2. The van der Waals surface area contributed by atoms with Gasteiger partial charge in [0.15, 0.2) is 0 Å². The number of hydrogen-bond acceptors (Lipinski definition) is 4. The van der Waals surface area contributed by atoms with Crippen LogP contribution in [0.3, 0.4) is 0 Å². The SMILES string of the molecule is C=C(C)C(O)COC(=O)c1ccc(/C(=C\Cc2ccccc2)OC)cc1C. The van der Waals surface area contributed by atoms with Gasteiger partial charge in [-0.25, -0.2) is 4.79 Å². The maximum absolute atomic E-state index is 12.2. The Morgan fingerprint density at radius 3 is 2.52 bits per heavy atom. The molecule has 0 fully saturated rings. The van der Waals surface area contributed by atoms with Crippen LogP contribution in [-0.2, 0) is 15.9 Å². The van der Waals surface area contributed by atoms with Gasteiger partial charge in [-0.3, -0.25) is 0 Å². The number of hydrogen-bond donors (Lipinski definition) is 1. The number of carbonyl (C=O) groups is 1. The molecule has 2 rings (SSSR count). The highest BCUT2D eigenvalue weighted by Gasteiger charge is 2.15. The van der Waals surface area contributed by atoms with E-state index in [1.165, 1.54) is 5.56 Å². The lowest BCUT2D eigenvalue weighted by Gasteiger charge is -2.13. The van der Waals surface area contributed by atoms with Gasteiger partial charge in [-0.15, -0.1) is 0 Å². The van der Waals surface area contributed by atoms with Crippen molar-refractivity contribution in [1.82, 2.24) is 0 Å². The lowest BCUT2D eigenvalue weighted by Crippen LogP contribution is -2.19. The van der Waals surface area contributed by atoms with Gasteiger partial charge in [0.2, 0.25) is 0 Å². The molecule has 0 heterocycles. The lowest BCUT2D eigenvalue weighted by atomic mass is 10.0. The summed E-state index contributed by atoms with van der Waals surface area (Å²) in [5.41, 5.74) is 3.89. The molecule has 2 aromatic rings. The average Bonchev–Trinajstić information content (AvgIpc) is 2.67. The fourth-order valence-electron chi connectivity index (χ4n) is 2.56. The number of benzene rings is 2. The third kappa shape index (κ3) is 5.83. The smallest absolute Gasteiger partial charge is 0.338 e. The number of methoxy groups -OCH3 is 1. The van der Waals surface area contributed by atoms with Crippen LogP contribution in [0.25, 0.3) is 5.76 Å². The molecular weight excluding hydrogens is 340 g/mol. The highest BCUT2D eigenvalue weighted by molar-refractivity contribution is 5.91. The van der Waals surface area contributed by atoms with Crippen LogP contribution in [0, 0.1) is 6.92 Å². The molecule has 1 atom stereocenters. The quantitative estimate of drug-likeness (QED) is 0.429. The van der Waals surface area contributed by atoms with E-state index in [2.05, 4.69) is 18.7 Å². The van der Waals surface area contributed by atoms with Gasteiger partial charge < -0.3 is 14.6 Å². The highest BCUT2D eigenvalue weighted by Crippen LogP contribution is 2.21. The van der Waals surface area contributed by atoms with E-state index in [4.69, 9.17) is 9.47 Å². The first kappa shape index (κ1) is 20.5. The summed E-state index contributed by atoms with van der Waals surface area (Å²) >= 11 is 0. The van der Waals surface area contributed by atoms with Gasteiger partial charge >= 0.3 is 5.97 Å². The number of rotatable bonds is 8. The third-order valence-corrected chi connectivity index (χ3v) is 4.26. The van der Waals surface area contributed by atoms with Crippen molar-refractivity contribution in [2.75, 3.05) is 13.7 Å². The van der Waals surface area contributed by atoms with Gasteiger partial charge in [0, 0.05) is 5.56 Å². The number of aliphatic hydroxyl groups excluding tert-OH is 1. The second-order valence-electron chi connectivity index (χ2n) is 6.45. The Hall–Kier alpha value is -2.85. The van der Waals surface area contributed by atoms with Gasteiger partial charge in [0.25, 0.3) is 0 Å². The van der Waals surface area contributed by atoms with Crippen molar-refractivity contribution < 1.29 is 19.4 Å². The number of carbonyl (C=O) groups excluding carboxylic acids is 1. The molecule has 0 bridgehead atoms. The van der Waals surface area contributed by atoms with Gasteiger partial charge in [-0.2, -0.15) is 0 Å². The van der Waals surface area contributed by atoms with Crippen LogP contribution < -0.4 is 0 Å². The van der Waals surface area contributed by atoms with E-state index in [-0.39, 0.29) is 6.61 Å². The van der Waals surface area contributed by atoms with Crippen molar-refractivity contribution in [1.29, 1.82) is 0 Å². The third-order valence-electron chi connectivity index (χ3n) is 4.26. The number of aliphatic hydroxyl groups is 1. The van der Waals surface area contributed by atoms with Crippen molar-refractivity contribution in [2.45, 2.75) is 26.4 Å². The Morgan fingerprint density at radius 2 is 1.93 bits per heavy atom. The molecule has 0 aliphatic heterocycles. The van der Waals surface area contributed by atoms with Crippen LogP contribution in [0.2, 0.25) is 0 Å². The number of aryl methyl sites for hydroxylation is 1. The molecule has 2 aromatic carbocycles. The first-order chi connectivity index (χ1) is 12.9. The van der Waals surface area contributed by atoms with E-state index < -0.39 is 12.1 Å². The maximum Gasteiger partial charge on any atom is 0.338 e. The van der Waals surface area contributed by atoms with E-state index in [9.17, 15) is 9.90 Å². The topological polar surface area (TPSA) is 55.8 Å². The molecule has 0 spiro atoms. The molecule has 1 unspecified atom stereocenters. The summed E-state index contributed by atoms with van der Waals surface area (Å²) in [7, 11) is 1.63. The molecule has 1 N–H and O–H groups in total. The summed E-state index contributed by atoms with van der Waals surface area (Å²) in [4.78, 5) is 12.2. The molecule has 0 aromatic heterocycles. The molecular formula is C23H26O4. The fourth-order valence-corrected chi connectivity index (χ4v) is 2.56. The van der Waals surface area contributed by atoms with Crippen LogP contribution in [0.15, 0.2) is 66.8 Å². The van der Waals surface area contributed by atoms with E-state index in [0.717, 1.165) is 23.3 Å². The van der Waals surface area contributed by atoms with Crippen LogP contribution >= 0.6 is 0 Å². The monoisotopic (exact) mass is 366 g/mol. The average molecular weight is 366 g/mol. The van der Waals surface area contributed by atoms with Gasteiger partial charge in [-0.05, 0) is 55.2 Å². The zero-order valence-corrected chi connectivity index (χ0v) is 16.1. The second-order valence-corrected chi connectivity index (χ2v) is 6.45. The minimum atomic E-state index is -0.852. The second kappa shape index (κ2) is 9.74. The number of esters is 1. The van der Waals surface area contributed by atoms with E-state index >= 15 is 0 Å². The summed E-state index contributed by atoms with van der Waals surface area (Å²) in [6.07, 6.45) is 1.92. The summed E-state index contributed by atoms with van der Waals surface area (Å²) < 4.78 is 10.7. The summed E-state index contributed by atoms with van der Waals surface area (Å²) in [5, 5.41) is 9.69. The predicted molar refractivity (Wildman–Crippen MR) is 107 cm³/mol. The van der Waals surface area contributed by atoms with Crippen molar-refractivity contribution in [2.24, 2.45) is 0 Å². The zero-order valence-electron chi connectivity index (χ0n) is 16.1. The predicted octanol–water partition coefficient (Wildman–Crippen LogP) is 4.32. The van der Waals surface area contributed by atoms with Crippen LogP contribution in [0.1, 0.15) is 34.0 Å². The molecule has 142 valence electrons. The first-order valence-electron chi connectivity index (χ1n) is 8.82. The van der Waals surface area contributed by atoms with Crippen LogP contribution in [0.4, 0.5) is 0 Å². The van der Waals surface area contributed by atoms with Gasteiger partial charge in [0.05, 0.1) is 12.7 Å². The highest BCUT2D eigenvalue weighted by atomic mass is 16.5. The molecule has 0 amide bonds. The Bertz CT molecular complexity index is 822. The molecule has 0 aliphatic carbocycles. The lowest BCUT2D eigenvalue weighted by molar-refractivity contribution is 0.0327. The Balaban J connectivity index is 2.11. The summed E-state index contributed by atoms with van der Waals surface area (Å²) in [6.45, 7) is 7.07. The van der Waals surface area contributed by atoms with E-state index in [1.54, 1.807) is 20.1 Å². The standard InChI is InChI=1S/C23H26O4/c1-16(2)21(24)15-27-23(25)20-12-11-19(14-17(20)3)22(26-4)13-10-18-8-6-5-7-9-18/h5-9,11-14,21,24H,1,10,15H2,2-4H3/b22-13+. The van der Waals surface area contributed by atoms with Crippen molar-refractivity contribution in [3.8, 4) is 0 Å². The Morgan fingerprint density at radius 1 is 1.22 bits per heavy atom. The molecule has 0 saturated carbocycles. The van der Waals surface area contributed by atoms with Crippen molar-refractivity contribution in [3.05, 3.63) is 89.0 Å². The molecule has 4 heteroatoms. The minimum absolute atomic E-state index is 0.102. The van der Waals surface area contributed by atoms with Crippen molar-refractivity contribution >= 4 is 11.7 Å².